The summed E-state index contributed by atoms with van der Waals surface area (Å²) < 4.78 is 21.6. The van der Waals surface area contributed by atoms with Crippen LogP contribution in [0, 0.1) is 5.82 Å². The van der Waals surface area contributed by atoms with E-state index in [9.17, 15) is 9.18 Å². The molecule has 2 heterocycles. The van der Waals surface area contributed by atoms with Gasteiger partial charge in [0.25, 0.3) is 0 Å². The third-order valence-electron chi connectivity index (χ3n) is 4.71. The molecule has 4 rings (SSSR count). The number of carbonyl (C=O) groups excluding carboxylic acids is 1. The van der Waals surface area contributed by atoms with Gasteiger partial charge in [-0.1, -0.05) is 18.2 Å². The number of nitrogens with one attached hydrogen (secondary N) is 1. The van der Waals surface area contributed by atoms with Crippen LogP contribution in [0.2, 0.25) is 0 Å². The second kappa shape index (κ2) is 8.28. The van der Waals surface area contributed by atoms with Crippen LogP contribution < -0.4 is 5.32 Å². The molecule has 2 aromatic carbocycles. The Balaban J connectivity index is 1.56. The Hall–Kier alpha value is -3.10. The lowest BCUT2D eigenvalue weighted by Crippen LogP contribution is -2.44. The lowest BCUT2D eigenvalue weighted by Gasteiger charge is -2.33. The van der Waals surface area contributed by atoms with Crippen LogP contribution in [0.5, 0.6) is 0 Å². The Kier molecular flexibility index (Phi) is 5.41. The number of ether oxygens (including phenoxy) is 1. The highest BCUT2D eigenvalue weighted by Gasteiger charge is 2.31. The van der Waals surface area contributed by atoms with Gasteiger partial charge >= 0.3 is 0 Å². The highest BCUT2D eigenvalue weighted by atomic mass is 19.1. The molecule has 3 aromatic rings. The molecule has 1 unspecified atom stereocenters. The smallest absolute Gasteiger partial charge is 0.246 e. The zero-order chi connectivity index (χ0) is 19.3. The third kappa shape index (κ3) is 3.92. The maximum Gasteiger partial charge on any atom is 0.246 e. The number of aromatic nitrogens is 3. The molecule has 8 heteroatoms. The van der Waals surface area contributed by atoms with Crippen LogP contribution in [0.4, 0.5) is 10.1 Å². The van der Waals surface area contributed by atoms with Gasteiger partial charge in [0.2, 0.25) is 5.91 Å². The minimum atomic E-state index is -0.720. The summed E-state index contributed by atoms with van der Waals surface area (Å²) in [7, 11) is 0. The van der Waals surface area contributed by atoms with E-state index in [1.54, 1.807) is 47.6 Å². The van der Waals surface area contributed by atoms with E-state index in [1.165, 1.54) is 6.07 Å². The first-order valence-corrected chi connectivity index (χ1v) is 9.04. The van der Waals surface area contributed by atoms with Crippen molar-refractivity contribution in [3.05, 3.63) is 72.6 Å². The van der Waals surface area contributed by atoms with Crippen molar-refractivity contribution in [1.29, 1.82) is 0 Å². The molecule has 0 saturated carbocycles. The van der Waals surface area contributed by atoms with Gasteiger partial charge in [0.05, 0.1) is 13.2 Å². The zero-order valence-electron chi connectivity index (χ0n) is 15.2. The number of anilines is 1. The SMILES string of the molecule is O=C(Nc1ccc(-n2cnnc2)cc1)C(c1ccccc1F)N1CCOCC1. The van der Waals surface area contributed by atoms with Gasteiger partial charge in [-0.15, -0.1) is 10.2 Å². The Morgan fingerprint density at radius 3 is 2.39 bits per heavy atom. The average Bonchev–Trinajstić information content (AvgIpc) is 3.26. The molecule has 7 nitrogen and oxygen atoms in total. The molecule has 1 fully saturated rings. The van der Waals surface area contributed by atoms with Gasteiger partial charge in [0.15, 0.2) is 0 Å². The summed E-state index contributed by atoms with van der Waals surface area (Å²) in [6.07, 6.45) is 3.19. The molecule has 28 heavy (non-hydrogen) atoms. The molecule has 0 aliphatic carbocycles. The first-order chi connectivity index (χ1) is 13.7. The van der Waals surface area contributed by atoms with E-state index in [0.717, 1.165) is 5.69 Å². The monoisotopic (exact) mass is 381 g/mol. The molecule has 144 valence electrons. The second-order valence-electron chi connectivity index (χ2n) is 6.48. The summed E-state index contributed by atoms with van der Waals surface area (Å²) in [4.78, 5) is 15.0. The van der Waals surface area contributed by atoms with Gasteiger partial charge in [-0.3, -0.25) is 14.3 Å². The number of morpholine rings is 1. The summed E-state index contributed by atoms with van der Waals surface area (Å²) in [5.41, 5.74) is 1.88. The van der Waals surface area contributed by atoms with E-state index in [4.69, 9.17) is 4.74 Å². The summed E-state index contributed by atoms with van der Waals surface area (Å²) in [6.45, 7) is 2.18. The summed E-state index contributed by atoms with van der Waals surface area (Å²) in [5.74, 6) is -0.666. The maximum absolute atomic E-state index is 14.5. The molecular weight excluding hydrogens is 361 g/mol. The number of hydrogen-bond donors (Lipinski definition) is 1. The summed E-state index contributed by atoms with van der Waals surface area (Å²) >= 11 is 0. The second-order valence-corrected chi connectivity index (χ2v) is 6.48. The molecule has 1 aliphatic heterocycles. The van der Waals surface area contributed by atoms with Crippen LogP contribution in [0.25, 0.3) is 5.69 Å². The molecule has 1 saturated heterocycles. The number of nitrogens with zero attached hydrogens (tertiary/aromatic N) is 4. The molecule has 1 aromatic heterocycles. The van der Waals surface area contributed by atoms with E-state index in [-0.39, 0.29) is 5.91 Å². The molecular formula is C20H20FN5O2. The van der Waals surface area contributed by atoms with Crippen molar-refractivity contribution in [2.24, 2.45) is 0 Å². The van der Waals surface area contributed by atoms with Crippen LogP contribution >= 0.6 is 0 Å². The van der Waals surface area contributed by atoms with Crippen molar-refractivity contribution in [1.82, 2.24) is 19.7 Å². The van der Waals surface area contributed by atoms with Crippen molar-refractivity contribution in [2.45, 2.75) is 6.04 Å². The first-order valence-electron chi connectivity index (χ1n) is 9.04. The molecule has 0 spiro atoms. The van der Waals surface area contributed by atoms with Gasteiger partial charge in [-0.25, -0.2) is 4.39 Å². The predicted molar refractivity (Wildman–Crippen MR) is 102 cm³/mol. The van der Waals surface area contributed by atoms with Crippen LogP contribution in [0.3, 0.4) is 0 Å². The molecule has 1 aliphatic rings. The molecule has 0 radical (unpaired) electrons. The van der Waals surface area contributed by atoms with Crippen molar-refractivity contribution >= 4 is 11.6 Å². The molecule has 0 bridgehead atoms. The van der Waals surface area contributed by atoms with E-state index in [2.05, 4.69) is 15.5 Å². The third-order valence-corrected chi connectivity index (χ3v) is 4.71. The lowest BCUT2D eigenvalue weighted by atomic mass is 10.0. The van der Waals surface area contributed by atoms with Gasteiger partial charge in [0, 0.05) is 30.0 Å². The highest BCUT2D eigenvalue weighted by Crippen LogP contribution is 2.26. The van der Waals surface area contributed by atoms with Crippen molar-refractivity contribution in [2.75, 3.05) is 31.6 Å². The minimum Gasteiger partial charge on any atom is -0.379 e. The van der Waals surface area contributed by atoms with Crippen LogP contribution in [0.1, 0.15) is 11.6 Å². The lowest BCUT2D eigenvalue weighted by molar-refractivity contribution is -0.123. The Bertz CT molecular complexity index is 924. The highest BCUT2D eigenvalue weighted by molar-refractivity contribution is 5.95. The Labute approximate surface area is 161 Å². The standard InChI is InChI=1S/C20H20FN5O2/c21-18-4-2-1-3-17(18)19(25-9-11-28-12-10-25)20(27)24-15-5-7-16(8-6-15)26-13-22-23-14-26/h1-8,13-14,19H,9-12H2,(H,24,27). The van der Waals surface area contributed by atoms with E-state index < -0.39 is 11.9 Å². The Morgan fingerprint density at radius 2 is 1.71 bits per heavy atom. The number of amides is 1. The number of benzene rings is 2. The van der Waals surface area contributed by atoms with Crippen molar-refractivity contribution in [3.8, 4) is 5.69 Å². The molecule has 1 N–H and O–H groups in total. The fourth-order valence-corrected chi connectivity index (χ4v) is 3.30. The molecule has 1 amide bonds. The van der Waals surface area contributed by atoms with E-state index in [0.29, 0.717) is 37.6 Å². The number of halogens is 1. The number of carbonyl (C=O) groups is 1. The van der Waals surface area contributed by atoms with Gasteiger partial charge in [-0.2, -0.15) is 0 Å². The number of rotatable bonds is 5. The van der Waals surface area contributed by atoms with Crippen LogP contribution in [-0.4, -0.2) is 51.9 Å². The van der Waals surface area contributed by atoms with Crippen molar-refractivity contribution < 1.29 is 13.9 Å². The minimum absolute atomic E-state index is 0.274. The fourth-order valence-electron chi connectivity index (χ4n) is 3.30. The topological polar surface area (TPSA) is 72.3 Å². The fraction of sp³-hybridized carbons (Fsp3) is 0.250. The summed E-state index contributed by atoms with van der Waals surface area (Å²) in [5, 5.41) is 10.5. The predicted octanol–water partition coefficient (Wildman–Crippen LogP) is 2.42. The molecule has 1 atom stereocenters. The number of hydrogen-bond acceptors (Lipinski definition) is 5. The normalized spacial score (nSPS) is 15.9. The van der Waals surface area contributed by atoms with E-state index in [1.807, 2.05) is 17.0 Å². The quantitative estimate of drug-likeness (QED) is 0.735. The van der Waals surface area contributed by atoms with Crippen LogP contribution in [-0.2, 0) is 9.53 Å². The van der Waals surface area contributed by atoms with Crippen LogP contribution in [0.15, 0.2) is 61.2 Å². The summed E-state index contributed by atoms with van der Waals surface area (Å²) in [6, 6.07) is 13.0. The first kappa shape index (κ1) is 18.3. The largest absolute Gasteiger partial charge is 0.379 e. The van der Waals surface area contributed by atoms with E-state index >= 15 is 0 Å². The zero-order valence-corrected chi connectivity index (χ0v) is 15.2. The van der Waals surface area contributed by atoms with Crippen molar-refractivity contribution in [3.63, 3.8) is 0 Å². The van der Waals surface area contributed by atoms with Gasteiger partial charge in [-0.05, 0) is 30.3 Å². The van der Waals surface area contributed by atoms with Gasteiger partial charge in [0.1, 0.15) is 24.5 Å². The maximum atomic E-state index is 14.5. The van der Waals surface area contributed by atoms with Gasteiger partial charge < -0.3 is 10.1 Å². The Morgan fingerprint density at radius 1 is 1.04 bits per heavy atom. The average molecular weight is 381 g/mol.